The van der Waals surface area contributed by atoms with Crippen LogP contribution >= 0.6 is 11.3 Å². The van der Waals surface area contributed by atoms with Crippen molar-refractivity contribution < 1.29 is 9.90 Å². The molecule has 1 amide bonds. The predicted octanol–water partition coefficient (Wildman–Crippen LogP) is 1.57. The fraction of sp³-hybridized carbons (Fsp3) is 0.647. The van der Waals surface area contributed by atoms with Gasteiger partial charge in [0, 0.05) is 30.4 Å². The number of thiophene rings is 1. The van der Waals surface area contributed by atoms with Crippen molar-refractivity contribution in [2.75, 3.05) is 19.6 Å². The SMILES string of the molecule is CCNC(=NCC(C)(O)c1cccs1)NCCCC(=O)NC1CC1. The Morgan fingerprint density at radius 3 is 2.88 bits per heavy atom. The van der Waals surface area contributed by atoms with Crippen LogP contribution in [0, 0.1) is 0 Å². The third-order valence-electron chi connectivity index (χ3n) is 3.76. The van der Waals surface area contributed by atoms with Crippen LogP contribution in [-0.4, -0.2) is 42.6 Å². The van der Waals surface area contributed by atoms with E-state index < -0.39 is 5.60 Å². The van der Waals surface area contributed by atoms with E-state index in [2.05, 4.69) is 20.9 Å². The lowest BCUT2D eigenvalue weighted by Crippen LogP contribution is -2.39. The highest BCUT2D eigenvalue weighted by Gasteiger charge is 2.24. The highest BCUT2D eigenvalue weighted by atomic mass is 32.1. The second-order valence-electron chi connectivity index (χ2n) is 6.32. The lowest BCUT2D eigenvalue weighted by atomic mass is 10.1. The maximum Gasteiger partial charge on any atom is 0.220 e. The minimum atomic E-state index is -0.972. The highest BCUT2D eigenvalue weighted by Crippen LogP contribution is 2.25. The predicted molar refractivity (Wildman–Crippen MR) is 98.3 cm³/mol. The van der Waals surface area contributed by atoms with Gasteiger partial charge in [-0.05, 0) is 44.6 Å². The fourth-order valence-electron chi connectivity index (χ4n) is 2.22. The minimum Gasteiger partial charge on any atom is -0.383 e. The third kappa shape index (κ3) is 6.49. The summed E-state index contributed by atoms with van der Waals surface area (Å²) in [6, 6.07) is 4.26. The topological polar surface area (TPSA) is 85.8 Å². The van der Waals surface area contributed by atoms with Gasteiger partial charge in [-0.2, -0.15) is 0 Å². The molecular weight excluding hydrogens is 324 g/mol. The standard InChI is InChI=1S/C17H28N4O2S/c1-3-18-16(19-10-4-7-15(22)21-13-8-9-13)20-12-17(2,23)14-6-5-11-24-14/h5-6,11,13,23H,3-4,7-10,12H2,1-2H3,(H,21,22)(H2,18,19,20). The Bertz CT molecular complexity index is 539. The first-order valence-electron chi connectivity index (χ1n) is 8.59. The summed E-state index contributed by atoms with van der Waals surface area (Å²) in [6.45, 7) is 5.47. The molecule has 0 saturated heterocycles. The second kappa shape index (κ2) is 9.03. The Morgan fingerprint density at radius 2 is 2.25 bits per heavy atom. The number of guanidine groups is 1. The molecule has 1 aliphatic rings. The molecule has 0 aromatic carbocycles. The van der Waals surface area contributed by atoms with Gasteiger partial charge in [0.15, 0.2) is 5.96 Å². The van der Waals surface area contributed by atoms with Crippen molar-refractivity contribution in [2.45, 2.75) is 51.2 Å². The van der Waals surface area contributed by atoms with Crippen molar-refractivity contribution in [3.8, 4) is 0 Å². The number of amides is 1. The molecule has 0 spiro atoms. The maximum absolute atomic E-state index is 11.6. The second-order valence-corrected chi connectivity index (χ2v) is 7.27. The molecule has 4 N–H and O–H groups in total. The van der Waals surface area contributed by atoms with Gasteiger partial charge in [0.2, 0.25) is 5.91 Å². The molecule has 0 bridgehead atoms. The summed E-state index contributed by atoms with van der Waals surface area (Å²) in [5.74, 6) is 0.791. The van der Waals surface area contributed by atoms with Gasteiger partial charge in [0.05, 0.1) is 6.54 Å². The Hall–Kier alpha value is -1.60. The molecule has 1 unspecified atom stereocenters. The molecule has 24 heavy (non-hydrogen) atoms. The summed E-state index contributed by atoms with van der Waals surface area (Å²) in [7, 11) is 0. The minimum absolute atomic E-state index is 0.127. The first kappa shape index (κ1) is 18.7. The summed E-state index contributed by atoms with van der Waals surface area (Å²) in [5.41, 5.74) is -0.972. The van der Waals surface area contributed by atoms with E-state index in [0.29, 0.717) is 25.0 Å². The number of carbonyl (C=O) groups is 1. The molecule has 1 aliphatic carbocycles. The van der Waals surface area contributed by atoms with Crippen LogP contribution in [0.3, 0.4) is 0 Å². The zero-order valence-corrected chi connectivity index (χ0v) is 15.3. The van der Waals surface area contributed by atoms with Gasteiger partial charge in [-0.25, -0.2) is 4.99 Å². The monoisotopic (exact) mass is 352 g/mol. The lowest BCUT2D eigenvalue weighted by molar-refractivity contribution is -0.121. The van der Waals surface area contributed by atoms with Crippen LogP contribution < -0.4 is 16.0 Å². The maximum atomic E-state index is 11.6. The molecule has 2 rings (SSSR count). The average molecular weight is 353 g/mol. The largest absolute Gasteiger partial charge is 0.383 e. The van der Waals surface area contributed by atoms with Crippen molar-refractivity contribution in [1.29, 1.82) is 0 Å². The number of nitrogens with one attached hydrogen (secondary N) is 3. The van der Waals surface area contributed by atoms with E-state index in [-0.39, 0.29) is 12.5 Å². The van der Waals surface area contributed by atoms with Crippen molar-refractivity contribution in [2.24, 2.45) is 4.99 Å². The van der Waals surface area contributed by atoms with Crippen LogP contribution in [0.2, 0.25) is 0 Å². The van der Waals surface area contributed by atoms with Gasteiger partial charge >= 0.3 is 0 Å². The number of aliphatic imine (C=N–C) groups is 1. The molecule has 1 aromatic rings. The normalized spacial score (nSPS) is 17.2. The molecule has 1 saturated carbocycles. The van der Waals surface area contributed by atoms with E-state index in [4.69, 9.17) is 0 Å². The first-order chi connectivity index (χ1) is 11.5. The molecular formula is C17H28N4O2S. The molecule has 0 radical (unpaired) electrons. The van der Waals surface area contributed by atoms with E-state index in [1.807, 2.05) is 24.4 Å². The fourth-order valence-corrected chi connectivity index (χ4v) is 3.00. The summed E-state index contributed by atoms with van der Waals surface area (Å²) < 4.78 is 0. The van der Waals surface area contributed by atoms with Crippen LogP contribution in [0.5, 0.6) is 0 Å². The number of nitrogens with zero attached hydrogens (tertiary/aromatic N) is 1. The number of hydrogen-bond acceptors (Lipinski definition) is 4. The Labute approximate surface area is 147 Å². The number of rotatable bonds is 9. The van der Waals surface area contributed by atoms with E-state index in [1.54, 1.807) is 6.92 Å². The van der Waals surface area contributed by atoms with Crippen LogP contribution in [0.4, 0.5) is 0 Å². The molecule has 0 aliphatic heterocycles. The van der Waals surface area contributed by atoms with Crippen molar-refractivity contribution in [3.63, 3.8) is 0 Å². The molecule has 1 atom stereocenters. The quantitative estimate of drug-likeness (QED) is 0.309. The van der Waals surface area contributed by atoms with E-state index >= 15 is 0 Å². The smallest absolute Gasteiger partial charge is 0.220 e. The van der Waals surface area contributed by atoms with Crippen molar-refractivity contribution in [3.05, 3.63) is 22.4 Å². The third-order valence-corrected chi connectivity index (χ3v) is 4.88. The number of carbonyl (C=O) groups excluding carboxylic acids is 1. The molecule has 6 nitrogen and oxygen atoms in total. The van der Waals surface area contributed by atoms with Crippen LogP contribution in [-0.2, 0) is 10.4 Å². The molecule has 1 aromatic heterocycles. The van der Waals surface area contributed by atoms with Gasteiger partial charge < -0.3 is 21.1 Å². The summed E-state index contributed by atoms with van der Waals surface area (Å²) in [6.07, 6.45) is 3.51. The Kier molecular flexibility index (Phi) is 7.05. The van der Waals surface area contributed by atoms with Crippen LogP contribution in [0.25, 0.3) is 0 Å². The van der Waals surface area contributed by atoms with Gasteiger partial charge in [-0.3, -0.25) is 4.79 Å². The van der Waals surface area contributed by atoms with Crippen molar-refractivity contribution >= 4 is 23.2 Å². The summed E-state index contributed by atoms with van der Waals surface area (Å²) in [4.78, 5) is 17.0. The van der Waals surface area contributed by atoms with Crippen molar-refractivity contribution in [1.82, 2.24) is 16.0 Å². The molecule has 1 heterocycles. The van der Waals surface area contributed by atoms with Gasteiger partial charge in [-0.1, -0.05) is 6.07 Å². The molecule has 7 heteroatoms. The van der Waals surface area contributed by atoms with E-state index in [9.17, 15) is 9.90 Å². The summed E-state index contributed by atoms with van der Waals surface area (Å²) in [5, 5.41) is 21.8. The van der Waals surface area contributed by atoms with E-state index in [1.165, 1.54) is 11.3 Å². The van der Waals surface area contributed by atoms with Gasteiger partial charge in [0.1, 0.15) is 5.60 Å². The summed E-state index contributed by atoms with van der Waals surface area (Å²) >= 11 is 1.52. The first-order valence-corrected chi connectivity index (χ1v) is 9.47. The highest BCUT2D eigenvalue weighted by molar-refractivity contribution is 7.10. The number of hydrogen-bond donors (Lipinski definition) is 4. The lowest BCUT2D eigenvalue weighted by Gasteiger charge is -2.20. The van der Waals surface area contributed by atoms with Gasteiger partial charge in [-0.15, -0.1) is 11.3 Å². The zero-order chi connectivity index (χ0) is 17.4. The Balaban J connectivity index is 1.74. The molecule has 134 valence electrons. The molecule has 1 fully saturated rings. The van der Waals surface area contributed by atoms with Crippen LogP contribution in [0.15, 0.2) is 22.5 Å². The number of aliphatic hydroxyl groups is 1. The Morgan fingerprint density at radius 1 is 1.46 bits per heavy atom. The van der Waals surface area contributed by atoms with E-state index in [0.717, 1.165) is 30.7 Å². The zero-order valence-electron chi connectivity index (χ0n) is 14.5. The average Bonchev–Trinajstić information content (AvgIpc) is 3.16. The van der Waals surface area contributed by atoms with Crippen LogP contribution in [0.1, 0.15) is 44.4 Å². The van der Waals surface area contributed by atoms with Gasteiger partial charge in [0.25, 0.3) is 0 Å².